The number of hydrogen-bond donors (Lipinski definition) is 0. The predicted octanol–water partition coefficient (Wildman–Crippen LogP) is 3.56. The number of methoxy groups -OCH3 is 2. The van der Waals surface area contributed by atoms with Gasteiger partial charge < -0.3 is 18.7 Å². The molecule has 0 bridgehead atoms. The zero-order chi connectivity index (χ0) is 19.4. The third kappa shape index (κ3) is 4.05. The zero-order valence-corrected chi connectivity index (χ0v) is 15.0. The Labute approximate surface area is 154 Å². The lowest BCUT2D eigenvalue weighted by Crippen LogP contribution is -2.07. The molecule has 0 atom stereocenters. The van der Waals surface area contributed by atoms with E-state index in [1.54, 1.807) is 32.2 Å². The Hall–Kier alpha value is -3.42. The molecule has 0 aliphatic heterocycles. The molecule has 0 aliphatic rings. The van der Waals surface area contributed by atoms with E-state index in [2.05, 4.69) is 10.1 Å². The van der Waals surface area contributed by atoms with E-state index in [9.17, 15) is 9.18 Å². The summed E-state index contributed by atoms with van der Waals surface area (Å²) in [6.45, 7) is 1.46. The Morgan fingerprint density at radius 2 is 1.96 bits per heavy atom. The van der Waals surface area contributed by atoms with Crippen LogP contribution in [0.25, 0.3) is 11.4 Å². The second-order valence-electron chi connectivity index (χ2n) is 5.61. The number of nitrogens with zero attached hydrogens (tertiary/aromatic N) is 2. The van der Waals surface area contributed by atoms with Gasteiger partial charge >= 0.3 is 5.97 Å². The SMILES string of the molecule is COc1ccc(-c2noc(COC(=O)c3cc(F)ccc3C)n2)c(OC)c1. The summed E-state index contributed by atoms with van der Waals surface area (Å²) in [4.78, 5) is 16.3. The molecule has 140 valence electrons. The maximum Gasteiger partial charge on any atom is 0.339 e. The number of benzene rings is 2. The lowest BCUT2D eigenvalue weighted by molar-refractivity contribution is 0.0428. The number of rotatable bonds is 6. The Morgan fingerprint density at radius 1 is 1.15 bits per heavy atom. The number of halogens is 1. The van der Waals surface area contributed by atoms with E-state index >= 15 is 0 Å². The average molecular weight is 372 g/mol. The number of esters is 1. The van der Waals surface area contributed by atoms with Gasteiger partial charge in [-0.2, -0.15) is 4.98 Å². The molecule has 1 aromatic heterocycles. The summed E-state index contributed by atoms with van der Waals surface area (Å²) in [5, 5.41) is 3.87. The summed E-state index contributed by atoms with van der Waals surface area (Å²) in [5.41, 5.74) is 1.35. The van der Waals surface area contributed by atoms with Crippen LogP contribution in [0.2, 0.25) is 0 Å². The highest BCUT2D eigenvalue weighted by atomic mass is 19.1. The van der Waals surface area contributed by atoms with Crippen LogP contribution >= 0.6 is 0 Å². The molecule has 3 rings (SSSR count). The highest BCUT2D eigenvalue weighted by molar-refractivity contribution is 5.90. The first-order valence-corrected chi connectivity index (χ1v) is 8.00. The van der Waals surface area contributed by atoms with Crippen molar-refractivity contribution in [1.29, 1.82) is 0 Å². The molecular weight excluding hydrogens is 355 g/mol. The molecule has 2 aromatic carbocycles. The largest absolute Gasteiger partial charge is 0.497 e. The summed E-state index contributed by atoms with van der Waals surface area (Å²) in [6.07, 6.45) is 0. The van der Waals surface area contributed by atoms with E-state index in [-0.39, 0.29) is 23.9 Å². The lowest BCUT2D eigenvalue weighted by Gasteiger charge is -2.07. The van der Waals surface area contributed by atoms with Crippen LogP contribution in [0.1, 0.15) is 21.8 Å². The van der Waals surface area contributed by atoms with Crippen molar-refractivity contribution in [2.24, 2.45) is 0 Å². The van der Waals surface area contributed by atoms with Gasteiger partial charge in [0.2, 0.25) is 5.82 Å². The molecule has 0 spiro atoms. The van der Waals surface area contributed by atoms with Crippen LogP contribution in [-0.4, -0.2) is 30.3 Å². The van der Waals surface area contributed by atoms with E-state index in [0.717, 1.165) is 6.07 Å². The third-order valence-electron chi connectivity index (χ3n) is 3.86. The molecule has 3 aromatic rings. The summed E-state index contributed by atoms with van der Waals surface area (Å²) >= 11 is 0. The van der Waals surface area contributed by atoms with Gasteiger partial charge in [0, 0.05) is 6.07 Å². The van der Waals surface area contributed by atoms with Crippen molar-refractivity contribution < 1.29 is 27.9 Å². The normalized spacial score (nSPS) is 10.5. The Bertz CT molecular complexity index is 970. The van der Waals surface area contributed by atoms with Crippen LogP contribution in [0.5, 0.6) is 11.5 Å². The van der Waals surface area contributed by atoms with Crippen molar-refractivity contribution in [3.8, 4) is 22.9 Å². The Balaban J connectivity index is 1.73. The average Bonchev–Trinajstić information content (AvgIpc) is 3.16. The highest BCUT2D eigenvalue weighted by Gasteiger charge is 2.17. The number of carbonyl (C=O) groups is 1. The van der Waals surface area contributed by atoms with E-state index < -0.39 is 11.8 Å². The summed E-state index contributed by atoms with van der Waals surface area (Å²) in [5.74, 6) is 0.327. The molecule has 0 radical (unpaired) electrons. The van der Waals surface area contributed by atoms with Gasteiger partial charge in [0.15, 0.2) is 6.61 Å². The van der Waals surface area contributed by atoms with Gasteiger partial charge in [0.25, 0.3) is 5.89 Å². The van der Waals surface area contributed by atoms with E-state index in [1.807, 2.05) is 0 Å². The second kappa shape index (κ2) is 7.86. The number of ether oxygens (including phenoxy) is 3. The van der Waals surface area contributed by atoms with Gasteiger partial charge in [-0.05, 0) is 36.8 Å². The maximum atomic E-state index is 13.3. The van der Waals surface area contributed by atoms with Crippen molar-refractivity contribution in [3.63, 3.8) is 0 Å². The van der Waals surface area contributed by atoms with Crippen molar-refractivity contribution in [1.82, 2.24) is 10.1 Å². The highest BCUT2D eigenvalue weighted by Crippen LogP contribution is 2.31. The molecule has 8 heteroatoms. The quantitative estimate of drug-likeness (QED) is 0.612. The smallest absolute Gasteiger partial charge is 0.339 e. The first-order valence-electron chi connectivity index (χ1n) is 8.00. The molecule has 0 saturated heterocycles. The van der Waals surface area contributed by atoms with Crippen LogP contribution in [0.4, 0.5) is 4.39 Å². The minimum absolute atomic E-state index is 0.102. The van der Waals surface area contributed by atoms with Crippen LogP contribution in [-0.2, 0) is 11.3 Å². The second-order valence-corrected chi connectivity index (χ2v) is 5.61. The van der Waals surface area contributed by atoms with Gasteiger partial charge in [-0.1, -0.05) is 11.2 Å². The van der Waals surface area contributed by atoms with E-state index in [4.69, 9.17) is 18.7 Å². The van der Waals surface area contributed by atoms with Gasteiger partial charge in [-0.25, -0.2) is 9.18 Å². The third-order valence-corrected chi connectivity index (χ3v) is 3.86. The first-order chi connectivity index (χ1) is 13.0. The predicted molar refractivity (Wildman–Crippen MR) is 93.1 cm³/mol. The van der Waals surface area contributed by atoms with E-state index in [1.165, 1.54) is 19.2 Å². The molecule has 27 heavy (non-hydrogen) atoms. The van der Waals surface area contributed by atoms with Crippen LogP contribution in [0.3, 0.4) is 0 Å². The molecule has 0 fully saturated rings. The Kier molecular flexibility index (Phi) is 5.35. The zero-order valence-electron chi connectivity index (χ0n) is 15.0. The van der Waals surface area contributed by atoms with Crippen molar-refractivity contribution >= 4 is 5.97 Å². The Morgan fingerprint density at radius 3 is 2.70 bits per heavy atom. The number of carbonyl (C=O) groups excluding carboxylic acids is 1. The summed E-state index contributed by atoms with van der Waals surface area (Å²) < 4.78 is 34.0. The fourth-order valence-electron chi connectivity index (χ4n) is 2.43. The lowest BCUT2D eigenvalue weighted by atomic mass is 10.1. The van der Waals surface area contributed by atoms with Gasteiger partial charge in [0.1, 0.15) is 17.3 Å². The monoisotopic (exact) mass is 372 g/mol. The fraction of sp³-hybridized carbons (Fsp3) is 0.211. The summed E-state index contributed by atoms with van der Waals surface area (Å²) in [7, 11) is 3.07. The number of hydrogen-bond acceptors (Lipinski definition) is 7. The van der Waals surface area contributed by atoms with Crippen molar-refractivity contribution in [2.75, 3.05) is 14.2 Å². The molecule has 0 N–H and O–H groups in total. The topological polar surface area (TPSA) is 83.7 Å². The number of aromatic nitrogens is 2. The molecule has 0 aliphatic carbocycles. The van der Waals surface area contributed by atoms with Gasteiger partial charge in [0.05, 0.1) is 25.3 Å². The van der Waals surface area contributed by atoms with E-state index in [0.29, 0.717) is 22.6 Å². The molecule has 0 saturated carbocycles. The van der Waals surface area contributed by atoms with Gasteiger partial charge in [-0.3, -0.25) is 0 Å². The van der Waals surface area contributed by atoms with Crippen LogP contribution in [0, 0.1) is 12.7 Å². The minimum Gasteiger partial charge on any atom is -0.497 e. The standard InChI is InChI=1S/C19H17FN2O5/c1-11-4-5-12(20)8-15(11)19(23)26-10-17-21-18(22-27-17)14-7-6-13(24-2)9-16(14)25-3/h4-9H,10H2,1-3H3. The maximum absolute atomic E-state index is 13.3. The van der Waals surface area contributed by atoms with Crippen molar-refractivity contribution in [2.45, 2.75) is 13.5 Å². The molecule has 0 unspecified atom stereocenters. The van der Waals surface area contributed by atoms with Crippen LogP contribution < -0.4 is 9.47 Å². The fourth-order valence-corrected chi connectivity index (χ4v) is 2.43. The van der Waals surface area contributed by atoms with Crippen LogP contribution in [0.15, 0.2) is 40.9 Å². The molecular formula is C19H17FN2O5. The number of aryl methyl sites for hydroxylation is 1. The van der Waals surface area contributed by atoms with Gasteiger partial charge in [-0.15, -0.1) is 0 Å². The molecule has 0 amide bonds. The summed E-state index contributed by atoms with van der Waals surface area (Å²) in [6, 6.07) is 9.07. The minimum atomic E-state index is -0.672. The molecule has 7 nitrogen and oxygen atoms in total. The molecule has 1 heterocycles. The van der Waals surface area contributed by atoms with Crippen molar-refractivity contribution in [3.05, 3.63) is 59.2 Å². The first kappa shape index (κ1) is 18.4.